The lowest BCUT2D eigenvalue weighted by atomic mass is 10.2. The van der Waals surface area contributed by atoms with E-state index in [1.807, 2.05) is 35.0 Å². The number of rotatable bonds is 4. The number of methoxy groups -OCH3 is 1. The highest BCUT2D eigenvalue weighted by Gasteiger charge is 2.16. The molecular formula is C18H13BrClN3OS. The number of nitrogens with zero attached hydrogens (tertiary/aromatic N) is 3. The number of thiophene rings is 1. The van der Waals surface area contributed by atoms with Crippen LogP contribution in [0.15, 0.2) is 53.0 Å². The van der Waals surface area contributed by atoms with Crippen LogP contribution >= 0.6 is 38.9 Å². The van der Waals surface area contributed by atoms with Crippen molar-refractivity contribution in [2.75, 3.05) is 7.11 Å². The lowest BCUT2D eigenvalue weighted by Gasteiger charge is -2.04. The standard InChI is InChI=1S/C18H13BrClN3OS/c1-24-10-17-21-18(23(22-17)14-5-3-13(20)4-6-14)16-9-11-8-12(19)2-7-15(11)25-16/h2-9H,10H2,1H3. The molecule has 0 spiro atoms. The molecule has 0 atom stereocenters. The van der Waals surface area contributed by atoms with Gasteiger partial charge in [0.25, 0.3) is 0 Å². The van der Waals surface area contributed by atoms with Gasteiger partial charge in [0.15, 0.2) is 11.6 Å². The molecule has 4 rings (SSSR count). The molecule has 126 valence electrons. The molecule has 2 aromatic heterocycles. The Balaban J connectivity index is 1.87. The fourth-order valence-electron chi connectivity index (χ4n) is 2.59. The highest BCUT2D eigenvalue weighted by atomic mass is 79.9. The van der Waals surface area contributed by atoms with Crippen LogP contribution in [0.25, 0.3) is 26.5 Å². The first kappa shape index (κ1) is 16.7. The summed E-state index contributed by atoms with van der Waals surface area (Å²) < 4.78 is 9.30. The van der Waals surface area contributed by atoms with E-state index in [2.05, 4.69) is 44.2 Å². The molecule has 0 radical (unpaired) electrons. The third-order valence-corrected chi connectivity index (χ3v) is 5.55. The van der Waals surface area contributed by atoms with E-state index in [0.29, 0.717) is 17.5 Å². The maximum absolute atomic E-state index is 6.01. The molecule has 2 aromatic carbocycles. The molecule has 2 heterocycles. The van der Waals surface area contributed by atoms with Gasteiger partial charge in [0.1, 0.15) is 6.61 Å². The Morgan fingerprint density at radius 2 is 1.96 bits per heavy atom. The van der Waals surface area contributed by atoms with Gasteiger partial charge < -0.3 is 4.74 Å². The number of ether oxygens (including phenoxy) is 1. The quantitative estimate of drug-likeness (QED) is 0.413. The van der Waals surface area contributed by atoms with Crippen LogP contribution in [-0.4, -0.2) is 21.9 Å². The Bertz CT molecular complexity index is 1040. The average molecular weight is 435 g/mol. The van der Waals surface area contributed by atoms with Crippen molar-refractivity contribution in [2.24, 2.45) is 0 Å². The predicted octanol–water partition coefficient (Wildman–Crippen LogP) is 5.71. The summed E-state index contributed by atoms with van der Waals surface area (Å²) in [6.45, 7) is 0.365. The van der Waals surface area contributed by atoms with Crippen molar-refractivity contribution in [2.45, 2.75) is 6.61 Å². The smallest absolute Gasteiger partial charge is 0.177 e. The highest BCUT2D eigenvalue weighted by Crippen LogP contribution is 2.35. The second-order valence-corrected chi connectivity index (χ2v) is 7.90. The Labute approximate surface area is 162 Å². The van der Waals surface area contributed by atoms with E-state index in [9.17, 15) is 0 Å². The van der Waals surface area contributed by atoms with Crippen molar-refractivity contribution in [3.05, 3.63) is 63.9 Å². The van der Waals surface area contributed by atoms with Crippen molar-refractivity contribution < 1.29 is 4.74 Å². The van der Waals surface area contributed by atoms with Crippen LogP contribution < -0.4 is 0 Å². The Kier molecular flexibility index (Phi) is 4.60. The molecule has 0 fully saturated rings. The summed E-state index contributed by atoms with van der Waals surface area (Å²) in [5, 5.41) is 6.46. The van der Waals surface area contributed by atoms with Crippen molar-refractivity contribution in [1.29, 1.82) is 0 Å². The molecule has 4 aromatic rings. The normalized spacial score (nSPS) is 11.3. The number of benzene rings is 2. The molecule has 0 amide bonds. The molecule has 25 heavy (non-hydrogen) atoms. The van der Waals surface area contributed by atoms with E-state index in [1.165, 1.54) is 10.1 Å². The summed E-state index contributed by atoms with van der Waals surface area (Å²) >= 11 is 11.2. The molecule has 0 unspecified atom stereocenters. The van der Waals surface area contributed by atoms with Gasteiger partial charge in [0.05, 0.1) is 10.6 Å². The Morgan fingerprint density at radius 3 is 2.72 bits per heavy atom. The number of halogens is 2. The summed E-state index contributed by atoms with van der Waals surface area (Å²) in [4.78, 5) is 5.73. The van der Waals surface area contributed by atoms with Crippen molar-refractivity contribution >= 4 is 49.0 Å². The van der Waals surface area contributed by atoms with E-state index < -0.39 is 0 Å². The van der Waals surface area contributed by atoms with Crippen LogP contribution in [0, 0.1) is 0 Å². The number of hydrogen-bond acceptors (Lipinski definition) is 4. The van der Waals surface area contributed by atoms with Gasteiger partial charge in [0.2, 0.25) is 0 Å². The van der Waals surface area contributed by atoms with E-state index in [-0.39, 0.29) is 0 Å². The van der Waals surface area contributed by atoms with Gasteiger partial charge in [-0.15, -0.1) is 16.4 Å². The van der Waals surface area contributed by atoms with Crippen LogP contribution in [0.1, 0.15) is 5.82 Å². The summed E-state index contributed by atoms with van der Waals surface area (Å²) in [6.07, 6.45) is 0. The SMILES string of the molecule is COCc1nc(-c2cc3cc(Br)ccc3s2)n(-c2ccc(Cl)cc2)n1. The zero-order chi connectivity index (χ0) is 17.4. The maximum Gasteiger partial charge on any atom is 0.177 e. The van der Waals surface area contributed by atoms with Gasteiger partial charge in [-0.05, 0) is 53.9 Å². The first-order chi connectivity index (χ1) is 12.1. The third kappa shape index (κ3) is 3.35. The molecule has 7 heteroatoms. The minimum Gasteiger partial charge on any atom is -0.377 e. The second kappa shape index (κ2) is 6.88. The summed E-state index contributed by atoms with van der Waals surface area (Å²) in [5.74, 6) is 1.44. The zero-order valence-electron chi connectivity index (χ0n) is 13.2. The van der Waals surface area contributed by atoms with Crippen molar-refractivity contribution in [3.63, 3.8) is 0 Å². The fraction of sp³-hybridized carbons (Fsp3) is 0.111. The molecule has 4 nitrogen and oxygen atoms in total. The van der Waals surface area contributed by atoms with Crippen LogP contribution in [0.3, 0.4) is 0 Å². The monoisotopic (exact) mass is 433 g/mol. The second-order valence-electron chi connectivity index (χ2n) is 5.47. The Morgan fingerprint density at radius 1 is 1.16 bits per heavy atom. The molecule has 0 saturated carbocycles. The Hall–Kier alpha value is -1.73. The number of fused-ring (bicyclic) bond motifs is 1. The predicted molar refractivity (Wildman–Crippen MR) is 106 cm³/mol. The fourth-order valence-corrected chi connectivity index (χ4v) is 4.11. The first-order valence-electron chi connectivity index (χ1n) is 7.54. The third-order valence-electron chi connectivity index (χ3n) is 3.69. The summed E-state index contributed by atoms with van der Waals surface area (Å²) in [7, 11) is 1.64. The van der Waals surface area contributed by atoms with Crippen LogP contribution in [0.5, 0.6) is 0 Å². The van der Waals surface area contributed by atoms with E-state index in [1.54, 1.807) is 18.4 Å². The molecule has 0 bridgehead atoms. The first-order valence-corrected chi connectivity index (χ1v) is 9.53. The van der Waals surface area contributed by atoms with Crippen molar-refractivity contribution in [3.8, 4) is 16.4 Å². The lowest BCUT2D eigenvalue weighted by molar-refractivity contribution is 0.178. The van der Waals surface area contributed by atoms with Gasteiger partial charge in [0, 0.05) is 21.3 Å². The van der Waals surface area contributed by atoms with Crippen molar-refractivity contribution in [1.82, 2.24) is 14.8 Å². The van der Waals surface area contributed by atoms with E-state index in [0.717, 1.165) is 20.9 Å². The van der Waals surface area contributed by atoms with Gasteiger partial charge in [-0.3, -0.25) is 0 Å². The van der Waals surface area contributed by atoms with E-state index >= 15 is 0 Å². The molecular weight excluding hydrogens is 422 g/mol. The molecule has 0 aliphatic carbocycles. The zero-order valence-corrected chi connectivity index (χ0v) is 16.4. The molecule has 0 aliphatic heterocycles. The topological polar surface area (TPSA) is 39.9 Å². The maximum atomic E-state index is 6.01. The number of aromatic nitrogens is 3. The van der Waals surface area contributed by atoms with Gasteiger partial charge in [-0.1, -0.05) is 27.5 Å². The number of hydrogen-bond donors (Lipinski definition) is 0. The molecule has 0 aliphatic rings. The minimum atomic E-state index is 0.365. The summed E-state index contributed by atoms with van der Waals surface area (Å²) in [6, 6.07) is 15.9. The van der Waals surface area contributed by atoms with Crippen LogP contribution in [-0.2, 0) is 11.3 Å². The van der Waals surface area contributed by atoms with Crippen LogP contribution in [0.2, 0.25) is 5.02 Å². The van der Waals surface area contributed by atoms with Gasteiger partial charge in [-0.25, -0.2) is 9.67 Å². The average Bonchev–Trinajstić information content (AvgIpc) is 3.19. The van der Waals surface area contributed by atoms with Gasteiger partial charge >= 0.3 is 0 Å². The minimum absolute atomic E-state index is 0.365. The largest absolute Gasteiger partial charge is 0.377 e. The molecule has 0 saturated heterocycles. The van der Waals surface area contributed by atoms with Crippen LogP contribution in [0.4, 0.5) is 0 Å². The summed E-state index contributed by atoms with van der Waals surface area (Å²) in [5.41, 5.74) is 0.910. The molecule has 0 N–H and O–H groups in total. The highest BCUT2D eigenvalue weighted by molar-refractivity contribution is 9.10. The lowest BCUT2D eigenvalue weighted by Crippen LogP contribution is -1.99. The van der Waals surface area contributed by atoms with Gasteiger partial charge in [-0.2, -0.15) is 0 Å². The van der Waals surface area contributed by atoms with E-state index in [4.69, 9.17) is 16.3 Å².